The summed E-state index contributed by atoms with van der Waals surface area (Å²) in [6.45, 7) is 0.689. The maximum atomic E-state index is 15.1. The number of nitrogens with one attached hydrogen (secondary N) is 1. The predicted octanol–water partition coefficient (Wildman–Crippen LogP) is 5.77. The van der Waals surface area contributed by atoms with E-state index in [4.69, 9.17) is 16.3 Å². The fourth-order valence-corrected chi connectivity index (χ4v) is 3.71. The first-order chi connectivity index (χ1) is 17.3. The third-order valence-electron chi connectivity index (χ3n) is 5.86. The average Bonchev–Trinajstić information content (AvgIpc) is 3.64. The zero-order chi connectivity index (χ0) is 27.1. The van der Waals surface area contributed by atoms with Crippen LogP contribution in [0.1, 0.15) is 35.8 Å². The van der Waals surface area contributed by atoms with Gasteiger partial charge in [0, 0.05) is 5.56 Å². The lowest BCUT2D eigenvalue weighted by Gasteiger charge is -2.21. The van der Waals surface area contributed by atoms with Crippen LogP contribution in [0.25, 0.3) is 11.3 Å². The molecule has 194 valence electrons. The molecule has 1 aliphatic carbocycles. The van der Waals surface area contributed by atoms with Gasteiger partial charge < -0.3 is 15.2 Å². The second kappa shape index (κ2) is 9.58. The monoisotopic (exact) mass is 541 g/mol. The van der Waals surface area contributed by atoms with E-state index in [1.807, 2.05) is 0 Å². The third kappa shape index (κ3) is 5.19. The van der Waals surface area contributed by atoms with Gasteiger partial charge in [0.15, 0.2) is 6.10 Å². The third-order valence-corrected chi connectivity index (χ3v) is 6.17. The van der Waals surface area contributed by atoms with Crippen LogP contribution in [0.2, 0.25) is 5.02 Å². The van der Waals surface area contributed by atoms with Crippen LogP contribution in [0.3, 0.4) is 0 Å². The lowest BCUT2D eigenvalue weighted by Crippen LogP contribution is -2.32. The summed E-state index contributed by atoms with van der Waals surface area (Å²) in [4.78, 5) is 32.4. The first-order valence-corrected chi connectivity index (χ1v) is 11.1. The Balaban J connectivity index is 1.74. The van der Waals surface area contributed by atoms with E-state index < -0.39 is 58.2 Å². The molecule has 1 fully saturated rings. The summed E-state index contributed by atoms with van der Waals surface area (Å²) in [5, 5.41) is 11.3. The number of nitrogens with zero attached hydrogens (tertiary/aromatic N) is 2. The maximum absolute atomic E-state index is 15.1. The van der Waals surface area contributed by atoms with Crippen LogP contribution in [-0.4, -0.2) is 39.2 Å². The molecule has 1 saturated carbocycles. The predicted molar refractivity (Wildman–Crippen MR) is 121 cm³/mol. The van der Waals surface area contributed by atoms with Crippen LogP contribution >= 0.6 is 11.6 Å². The van der Waals surface area contributed by atoms with Gasteiger partial charge in [0.25, 0.3) is 5.91 Å². The number of carbonyl (C=O) groups excluding carboxylic acids is 1. The number of aromatic nitrogens is 2. The standard InChI is InChI=1S/C24H17ClF5N3O4/c1-11(24(28,29)30)37-18-8-12(17-9-32-19(10-31-17)23(5-6-23)22(35)36)16(27)7-13(18)21(34)33-20-14(25)3-2-4-15(20)26/h2-4,7-11H,5-6H2,1H3,(H,33,34)(H,35,36). The number of hydrogen-bond acceptors (Lipinski definition) is 5. The zero-order valence-corrected chi connectivity index (χ0v) is 19.6. The molecular formula is C24H17ClF5N3O4. The highest BCUT2D eigenvalue weighted by molar-refractivity contribution is 6.34. The number of anilines is 1. The maximum Gasteiger partial charge on any atom is 0.425 e. The van der Waals surface area contributed by atoms with Gasteiger partial charge in [0.05, 0.1) is 40.1 Å². The van der Waals surface area contributed by atoms with Crippen molar-refractivity contribution in [3.63, 3.8) is 0 Å². The lowest BCUT2D eigenvalue weighted by atomic mass is 10.0. The Morgan fingerprint density at radius 3 is 2.38 bits per heavy atom. The first-order valence-electron chi connectivity index (χ1n) is 10.7. The molecule has 1 amide bonds. The summed E-state index contributed by atoms with van der Waals surface area (Å²) in [7, 11) is 0. The normalized spacial score (nSPS) is 15.1. The minimum Gasteiger partial charge on any atom is -0.481 e. The van der Waals surface area contributed by atoms with Gasteiger partial charge in [-0.05, 0) is 44.0 Å². The number of alkyl halides is 3. The van der Waals surface area contributed by atoms with E-state index in [0.29, 0.717) is 25.8 Å². The number of ether oxygens (including phenoxy) is 1. The van der Waals surface area contributed by atoms with Gasteiger partial charge in [-0.15, -0.1) is 0 Å². The van der Waals surface area contributed by atoms with Crippen molar-refractivity contribution in [2.24, 2.45) is 0 Å². The topological polar surface area (TPSA) is 101 Å². The van der Waals surface area contributed by atoms with E-state index in [-0.39, 0.29) is 22.0 Å². The van der Waals surface area contributed by atoms with Gasteiger partial charge in [-0.25, -0.2) is 8.78 Å². The molecule has 2 N–H and O–H groups in total. The Kier molecular flexibility index (Phi) is 6.80. The lowest BCUT2D eigenvalue weighted by molar-refractivity contribution is -0.189. The Labute approximate surface area is 211 Å². The van der Waals surface area contributed by atoms with Crippen molar-refractivity contribution in [1.29, 1.82) is 0 Å². The molecule has 1 aliphatic rings. The van der Waals surface area contributed by atoms with Crippen molar-refractivity contribution in [1.82, 2.24) is 9.97 Å². The molecule has 0 radical (unpaired) electrons. The Morgan fingerprint density at radius 2 is 1.84 bits per heavy atom. The van der Waals surface area contributed by atoms with Crippen LogP contribution in [0.4, 0.5) is 27.6 Å². The highest BCUT2D eigenvalue weighted by Gasteiger charge is 2.53. The van der Waals surface area contributed by atoms with Gasteiger partial charge in [-0.2, -0.15) is 13.2 Å². The fourth-order valence-electron chi connectivity index (χ4n) is 3.50. The minimum atomic E-state index is -4.83. The summed E-state index contributed by atoms with van der Waals surface area (Å²) < 4.78 is 73.8. The minimum absolute atomic E-state index is 0.143. The number of aliphatic carboxylic acids is 1. The molecule has 1 atom stereocenters. The molecule has 1 unspecified atom stereocenters. The number of benzene rings is 2. The Morgan fingerprint density at radius 1 is 1.14 bits per heavy atom. The number of rotatable bonds is 7. The van der Waals surface area contributed by atoms with Crippen molar-refractivity contribution in [2.75, 3.05) is 5.32 Å². The van der Waals surface area contributed by atoms with E-state index >= 15 is 4.39 Å². The van der Waals surface area contributed by atoms with Crippen LogP contribution in [-0.2, 0) is 10.2 Å². The zero-order valence-electron chi connectivity index (χ0n) is 18.9. The summed E-state index contributed by atoms with van der Waals surface area (Å²) in [5.41, 5.74) is -2.63. The van der Waals surface area contributed by atoms with E-state index in [2.05, 4.69) is 15.3 Å². The van der Waals surface area contributed by atoms with Crippen molar-refractivity contribution in [3.8, 4) is 17.0 Å². The summed E-state index contributed by atoms with van der Waals surface area (Å²) >= 11 is 5.89. The number of para-hydroxylation sites is 1. The van der Waals surface area contributed by atoms with E-state index in [1.165, 1.54) is 12.1 Å². The number of amides is 1. The van der Waals surface area contributed by atoms with Crippen molar-refractivity contribution >= 4 is 29.2 Å². The van der Waals surface area contributed by atoms with Crippen LogP contribution in [0.15, 0.2) is 42.7 Å². The molecule has 4 rings (SSSR count). The molecule has 1 aromatic heterocycles. The molecule has 7 nitrogen and oxygen atoms in total. The number of halogens is 6. The summed E-state index contributed by atoms with van der Waals surface area (Å²) in [5.74, 6) is -4.92. The molecule has 0 aliphatic heterocycles. The highest BCUT2D eigenvalue weighted by Crippen LogP contribution is 2.47. The molecule has 37 heavy (non-hydrogen) atoms. The van der Waals surface area contributed by atoms with Gasteiger partial charge in [-0.3, -0.25) is 19.6 Å². The second-order valence-electron chi connectivity index (χ2n) is 8.35. The molecule has 0 bridgehead atoms. The van der Waals surface area contributed by atoms with Gasteiger partial charge in [-0.1, -0.05) is 17.7 Å². The second-order valence-corrected chi connectivity index (χ2v) is 8.76. The molecule has 13 heteroatoms. The fraction of sp³-hybridized carbons (Fsp3) is 0.250. The summed E-state index contributed by atoms with van der Waals surface area (Å²) in [6.07, 6.45) is -4.29. The number of carboxylic acids is 1. The van der Waals surface area contributed by atoms with Crippen LogP contribution in [0.5, 0.6) is 5.75 Å². The van der Waals surface area contributed by atoms with E-state index in [1.54, 1.807) is 0 Å². The van der Waals surface area contributed by atoms with Crippen LogP contribution in [0, 0.1) is 11.6 Å². The van der Waals surface area contributed by atoms with Gasteiger partial charge in [0.2, 0.25) is 0 Å². The Bertz CT molecular complexity index is 1360. The quantitative estimate of drug-likeness (QED) is 0.368. The number of carbonyl (C=O) groups is 2. The van der Waals surface area contributed by atoms with Crippen molar-refractivity contribution < 1.29 is 41.4 Å². The Hall–Kier alpha value is -3.80. The van der Waals surface area contributed by atoms with Gasteiger partial charge >= 0.3 is 12.1 Å². The van der Waals surface area contributed by atoms with Crippen molar-refractivity contribution in [2.45, 2.75) is 37.5 Å². The first kappa shape index (κ1) is 26.3. The average molecular weight is 542 g/mol. The molecule has 3 aromatic rings. The molecule has 1 heterocycles. The smallest absolute Gasteiger partial charge is 0.425 e. The number of carboxylic acid groups (broad SMARTS) is 1. The van der Waals surface area contributed by atoms with E-state index in [9.17, 15) is 32.3 Å². The molecule has 0 spiro atoms. The largest absolute Gasteiger partial charge is 0.481 e. The highest BCUT2D eigenvalue weighted by atomic mass is 35.5. The summed E-state index contributed by atoms with van der Waals surface area (Å²) in [6, 6.07) is 4.99. The molecule has 0 saturated heterocycles. The number of hydrogen-bond donors (Lipinski definition) is 2. The van der Waals surface area contributed by atoms with Gasteiger partial charge in [0.1, 0.15) is 22.8 Å². The SMILES string of the molecule is CC(Oc1cc(-c2cnc(C3(C(=O)O)CC3)cn2)c(F)cc1C(=O)Nc1c(F)cccc1Cl)C(F)(F)F. The van der Waals surface area contributed by atoms with E-state index in [0.717, 1.165) is 24.5 Å². The molecular weight excluding hydrogens is 525 g/mol. The molecule has 2 aromatic carbocycles. The van der Waals surface area contributed by atoms with Crippen LogP contribution < -0.4 is 10.1 Å². The van der Waals surface area contributed by atoms with Crippen molar-refractivity contribution in [3.05, 3.63) is 70.6 Å².